The number of carbonyl (C=O) groups is 1. The molecule has 3 nitrogen and oxygen atoms in total. The van der Waals surface area contributed by atoms with Gasteiger partial charge in [-0.05, 0) is 68.1 Å². The van der Waals surface area contributed by atoms with E-state index in [0.717, 1.165) is 22.5 Å². The largest absolute Gasteiger partial charge is 0.384 e. The molecule has 2 rings (SSSR count). The number of hydrogen-bond acceptors (Lipinski definition) is 2. The maximum atomic E-state index is 12.0. The molecule has 0 fully saturated rings. The summed E-state index contributed by atoms with van der Waals surface area (Å²) in [6.45, 7) is 8.87. The molecule has 0 unspecified atom stereocenters. The first-order valence-corrected chi connectivity index (χ1v) is 7.64. The van der Waals surface area contributed by atoms with Gasteiger partial charge in [0.1, 0.15) is 0 Å². The minimum Gasteiger partial charge on any atom is -0.384 e. The van der Waals surface area contributed by atoms with Crippen molar-refractivity contribution in [1.29, 1.82) is 0 Å². The van der Waals surface area contributed by atoms with E-state index in [-0.39, 0.29) is 5.91 Å². The monoisotopic (exact) mass is 296 g/mol. The van der Waals surface area contributed by atoms with Crippen LogP contribution in [0.1, 0.15) is 28.7 Å². The maximum absolute atomic E-state index is 12.0. The highest BCUT2D eigenvalue weighted by Gasteiger charge is 2.05. The molecule has 0 aliphatic carbocycles. The van der Waals surface area contributed by atoms with E-state index in [4.69, 9.17) is 0 Å². The Labute approximate surface area is 132 Å². The molecule has 1 amide bonds. The van der Waals surface area contributed by atoms with Gasteiger partial charge in [0.05, 0.1) is 0 Å². The Balaban J connectivity index is 1.86. The number of benzene rings is 2. The van der Waals surface area contributed by atoms with Crippen molar-refractivity contribution in [2.45, 2.75) is 34.1 Å². The lowest BCUT2D eigenvalue weighted by atomic mass is 10.1. The van der Waals surface area contributed by atoms with Gasteiger partial charge in [0, 0.05) is 24.3 Å². The first kappa shape index (κ1) is 16.1. The highest BCUT2D eigenvalue weighted by molar-refractivity contribution is 5.91. The van der Waals surface area contributed by atoms with Crippen molar-refractivity contribution >= 4 is 17.3 Å². The lowest BCUT2D eigenvalue weighted by molar-refractivity contribution is -0.115. The Morgan fingerprint density at radius 3 is 2.36 bits per heavy atom. The van der Waals surface area contributed by atoms with Crippen LogP contribution in [0.15, 0.2) is 36.4 Å². The topological polar surface area (TPSA) is 41.1 Å². The maximum Gasteiger partial charge on any atom is 0.226 e. The average molecular weight is 296 g/mol. The van der Waals surface area contributed by atoms with Gasteiger partial charge in [-0.3, -0.25) is 4.79 Å². The molecule has 2 N–H and O–H groups in total. The summed E-state index contributed by atoms with van der Waals surface area (Å²) in [5, 5.41) is 6.29. The predicted octanol–water partition coefficient (Wildman–Crippen LogP) is 4.36. The number of anilines is 2. The molecule has 0 atom stereocenters. The third kappa shape index (κ3) is 4.35. The summed E-state index contributed by atoms with van der Waals surface area (Å²) in [4.78, 5) is 12.0. The van der Waals surface area contributed by atoms with Crippen molar-refractivity contribution in [3.05, 3.63) is 58.7 Å². The summed E-state index contributed by atoms with van der Waals surface area (Å²) >= 11 is 0. The first-order valence-electron chi connectivity index (χ1n) is 7.64. The number of aryl methyl sites for hydroxylation is 3. The van der Waals surface area contributed by atoms with Crippen molar-refractivity contribution < 1.29 is 4.79 Å². The molecule has 0 heterocycles. The molecule has 0 saturated heterocycles. The van der Waals surface area contributed by atoms with Crippen LogP contribution >= 0.6 is 0 Å². The number of nitrogens with one attached hydrogen (secondary N) is 2. The number of hydrogen-bond donors (Lipinski definition) is 2. The van der Waals surface area contributed by atoms with Crippen LogP contribution in [0.5, 0.6) is 0 Å². The quantitative estimate of drug-likeness (QED) is 0.860. The second-order valence-corrected chi connectivity index (χ2v) is 5.85. The van der Waals surface area contributed by atoms with Crippen LogP contribution in [0.3, 0.4) is 0 Å². The Hall–Kier alpha value is -2.29. The zero-order chi connectivity index (χ0) is 16.1. The molecule has 2 aromatic rings. The van der Waals surface area contributed by atoms with Gasteiger partial charge in [0.2, 0.25) is 5.91 Å². The summed E-state index contributed by atoms with van der Waals surface area (Å²) in [6, 6.07) is 12.2. The van der Waals surface area contributed by atoms with Gasteiger partial charge in [0.15, 0.2) is 0 Å². The van der Waals surface area contributed by atoms with Crippen LogP contribution in [0.2, 0.25) is 0 Å². The second-order valence-electron chi connectivity index (χ2n) is 5.85. The molecule has 0 aliphatic heterocycles. The SMILES string of the molecule is Cc1cc(C)cc(NC(=O)CCNc2cccc(C)c2C)c1. The van der Waals surface area contributed by atoms with Gasteiger partial charge in [-0.25, -0.2) is 0 Å². The molecule has 3 heteroatoms. The van der Waals surface area contributed by atoms with E-state index in [9.17, 15) is 4.79 Å². The lowest BCUT2D eigenvalue weighted by Crippen LogP contribution is -2.16. The Bertz CT molecular complexity index is 657. The van der Waals surface area contributed by atoms with E-state index < -0.39 is 0 Å². The van der Waals surface area contributed by atoms with Crippen LogP contribution in [0.4, 0.5) is 11.4 Å². The van der Waals surface area contributed by atoms with Crippen LogP contribution in [-0.4, -0.2) is 12.5 Å². The highest BCUT2D eigenvalue weighted by Crippen LogP contribution is 2.18. The molecule has 0 radical (unpaired) electrons. The van der Waals surface area contributed by atoms with Gasteiger partial charge < -0.3 is 10.6 Å². The van der Waals surface area contributed by atoms with Gasteiger partial charge in [0.25, 0.3) is 0 Å². The van der Waals surface area contributed by atoms with Gasteiger partial charge in [-0.15, -0.1) is 0 Å². The van der Waals surface area contributed by atoms with Crippen LogP contribution < -0.4 is 10.6 Å². The van der Waals surface area contributed by atoms with Crippen LogP contribution in [0, 0.1) is 27.7 Å². The molecule has 0 aromatic heterocycles. The second kappa shape index (κ2) is 7.12. The van der Waals surface area contributed by atoms with Crippen molar-refractivity contribution in [3.8, 4) is 0 Å². The van der Waals surface area contributed by atoms with Gasteiger partial charge in [-0.2, -0.15) is 0 Å². The van der Waals surface area contributed by atoms with Crippen molar-refractivity contribution in [2.24, 2.45) is 0 Å². The van der Waals surface area contributed by atoms with Gasteiger partial charge >= 0.3 is 0 Å². The molecule has 116 valence electrons. The summed E-state index contributed by atoms with van der Waals surface area (Å²) in [6.07, 6.45) is 0.445. The summed E-state index contributed by atoms with van der Waals surface area (Å²) < 4.78 is 0. The average Bonchev–Trinajstić information content (AvgIpc) is 2.42. The molecule has 0 spiro atoms. The van der Waals surface area contributed by atoms with E-state index in [2.05, 4.69) is 36.6 Å². The number of carbonyl (C=O) groups excluding carboxylic acids is 1. The Morgan fingerprint density at radius 1 is 1.00 bits per heavy atom. The Morgan fingerprint density at radius 2 is 1.68 bits per heavy atom. The third-order valence-electron chi connectivity index (χ3n) is 3.78. The van der Waals surface area contributed by atoms with E-state index in [1.165, 1.54) is 11.1 Å². The summed E-state index contributed by atoms with van der Waals surface area (Å²) in [7, 11) is 0. The van der Waals surface area contributed by atoms with Crippen molar-refractivity contribution in [1.82, 2.24) is 0 Å². The molecule has 0 aliphatic rings. The third-order valence-corrected chi connectivity index (χ3v) is 3.78. The standard InChI is InChI=1S/C19H24N2O/c1-13-10-14(2)12-17(11-13)21-19(22)8-9-20-18-7-5-6-15(3)16(18)4/h5-7,10-12,20H,8-9H2,1-4H3,(H,21,22). The minimum atomic E-state index is 0.0304. The lowest BCUT2D eigenvalue weighted by Gasteiger charge is -2.12. The normalized spacial score (nSPS) is 10.4. The predicted molar refractivity (Wildman–Crippen MR) is 93.6 cm³/mol. The summed E-state index contributed by atoms with van der Waals surface area (Å²) in [5.74, 6) is 0.0304. The fourth-order valence-corrected chi connectivity index (χ4v) is 2.52. The van der Waals surface area contributed by atoms with Crippen LogP contribution in [-0.2, 0) is 4.79 Å². The zero-order valence-corrected chi connectivity index (χ0v) is 13.8. The van der Waals surface area contributed by atoms with E-state index in [0.29, 0.717) is 13.0 Å². The van der Waals surface area contributed by atoms with E-state index in [1.54, 1.807) is 0 Å². The highest BCUT2D eigenvalue weighted by atomic mass is 16.1. The van der Waals surface area contributed by atoms with Crippen molar-refractivity contribution in [2.75, 3.05) is 17.2 Å². The van der Waals surface area contributed by atoms with Crippen molar-refractivity contribution in [3.63, 3.8) is 0 Å². The molecule has 0 bridgehead atoms. The number of rotatable bonds is 5. The fraction of sp³-hybridized carbons (Fsp3) is 0.316. The van der Waals surface area contributed by atoms with E-state index >= 15 is 0 Å². The fourth-order valence-electron chi connectivity index (χ4n) is 2.52. The summed E-state index contributed by atoms with van der Waals surface area (Å²) in [5.41, 5.74) is 6.77. The van der Waals surface area contributed by atoms with Crippen LogP contribution in [0.25, 0.3) is 0 Å². The smallest absolute Gasteiger partial charge is 0.226 e. The molecular weight excluding hydrogens is 272 g/mol. The Kier molecular flexibility index (Phi) is 5.21. The van der Waals surface area contributed by atoms with E-state index in [1.807, 2.05) is 38.1 Å². The molecule has 0 saturated carbocycles. The minimum absolute atomic E-state index is 0.0304. The molecule has 2 aromatic carbocycles. The van der Waals surface area contributed by atoms with Gasteiger partial charge in [-0.1, -0.05) is 18.2 Å². The molecular formula is C19H24N2O. The zero-order valence-electron chi connectivity index (χ0n) is 13.8. The number of amides is 1. The molecule has 22 heavy (non-hydrogen) atoms. The first-order chi connectivity index (χ1) is 10.5.